The number of unbranched alkanes of at least 4 members (excludes halogenated alkanes) is 3. The molecule has 0 saturated carbocycles. The summed E-state index contributed by atoms with van der Waals surface area (Å²) < 4.78 is 95.0. The number of nitrogens with zero attached hydrogens (tertiary/aromatic N) is 4. The molecular weight excluding hydrogens is 917 g/mol. The van der Waals surface area contributed by atoms with Crippen LogP contribution in [0.1, 0.15) is 69.1 Å². The number of fused-ring (bicyclic) bond motifs is 6. The van der Waals surface area contributed by atoms with E-state index in [1.54, 1.807) is 59.3 Å². The van der Waals surface area contributed by atoms with Crippen molar-refractivity contribution < 1.29 is 34.4 Å². The Balaban J connectivity index is 0.00000122. The van der Waals surface area contributed by atoms with Gasteiger partial charge in [0.05, 0.1) is 42.6 Å². The van der Waals surface area contributed by atoms with E-state index in [1.165, 1.54) is 28.2 Å². The molecule has 2 aliphatic rings. The number of rotatable bonds is 10. The second kappa shape index (κ2) is 16.7. The van der Waals surface area contributed by atoms with Crippen LogP contribution in [0.5, 0.6) is 0 Å². The summed E-state index contributed by atoms with van der Waals surface area (Å²) >= 11 is 28.2. The first kappa shape index (κ1) is 42.4. The van der Waals surface area contributed by atoms with Crippen LogP contribution >= 0.6 is 69.1 Å². The number of hydrogen-bond acceptors (Lipinski definition) is 9. The van der Waals surface area contributed by atoms with E-state index < -0.39 is 32.4 Å². The topological polar surface area (TPSA) is 141 Å². The maximum absolute atomic E-state index is 16.0. The first-order valence-corrected chi connectivity index (χ1v) is 22.9. The molecule has 0 saturated heterocycles. The van der Waals surface area contributed by atoms with Crippen LogP contribution in [0.25, 0.3) is 44.2 Å². The Morgan fingerprint density at radius 2 is 1.26 bits per heavy atom. The average Bonchev–Trinajstić information content (AvgIpc) is 3.95. The number of hydrogen-bond donors (Lipinski definition) is 1. The maximum Gasteiger partial charge on any atom is 0.425 e. The first-order valence-electron chi connectivity index (χ1n) is 17.3. The van der Waals surface area contributed by atoms with E-state index in [2.05, 4.69) is 11.2 Å². The Morgan fingerprint density at radius 3 is 1.74 bits per heavy atom. The number of thiophene rings is 2. The minimum atomic E-state index is -4.53. The van der Waals surface area contributed by atoms with Gasteiger partial charge in [-0.15, -0.1) is 35.3 Å². The van der Waals surface area contributed by atoms with Crippen LogP contribution in [-0.2, 0) is 33.6 Å². The van der Waals surface area contributed by atoms with Gasteiger partial charge in [0.2, 0.25) is 0 Å². The van der Waals surface area contributed by atoms with Crippen LogP contribution < -0.4 is 0 Å². The highest BCUT2D eigenvalue weighted by atomic mass is 35.5. The van der Waals surface area contributed by atoms with E-state index in [4.69, 9.17) is 64.1 Å². The molecule has 2 aromatic carbocycles. The third-order valence-electron chi connectivity index (χ3n) is 9.46. The second-order valence-electron chi connectivity index (χ2n) is 13.3. The van der Waals surface area contributed by atoms with Crippen molar-refractivity contribution in [1.82, 2.24) is 19.6 Å². The lowest BCUT2D eigenvalue weighted by molar-refractivity contribution is 0.482. The highest BCUT2D eigenvalue weighted by molar-refractivity contribution is 7.86. The molecule has 0 amide bonds. The van der Waals surface area contributed by atoms with Gasteiger partial charge in [-0.2, -0.15) is 18.6 Å². The molecule has 0 spiro atoms. The summed E-state index contributed by atoms with van der Waals surface area (Å²) in [6, 6.07) is 12.1. The Hall–Kier alpha value is -3.71. The zero-order valence-electron chi connectivity index (χ0n) is 30.1. The SMILES string of the molecule is Cc1cc2c(s1)-c1c(c(/C(F)=C/CCCC/C=C(\F)c3nn(-c4ccc(Cl)cc4Cl)c4c3Cc3c-4sc(C)c3S(=O)(=O)O)nn1-c1ccc(Cl)cc1Cl)C2.O=S(=O)=O. The van der Waals surface area contributed by atoms with Crippen LogP contribution in [0.2, 0.25) is 20.1 Å². The lowest BCUT2D eigenvalue weighted by Crippen LogP contribution is -2.03. The van der Waals surface area contributed by atoms with Gasteiger partial charge in [0.25, 0.3) is 10.1 Å². The highest BCUT2D eigenvalue weighted by Crippen LogP contribution is 2.50. The normalized spacial score (nSPS) is 13.3. The van der Waals surface area contributed by atoms with Crippen molar-refractivity contribution in [3.8, 4) is 32.5 Å². The molecule has 1 N–H and O–H groups in total. The van der Waals surface area contributed by atoms with Crippen LogP contribution in [-0.4, -0.2) is 45.2 Å². The van der Waals surface area contributed by atoms with Crippen LogP contribution in [0.4, 0.5) is 8.78 Å². The van der Waals surface area contributed by atoms with Crippen LogP contribution in [0.3, 0.4) is 0 Å². The molecule has 2 aliphatic carbocycles. The fraction of sp³-hybridized carbons (Fsp3) is 0.211. The van der Waals surface area contributed by atoms with E-state index in [9.17, 15) is 13.0 Å². The summed E-state index contributed by atoms with van der Waals surface area (Å²) in [5, 5.41) is 10.9. The standard InChI is InChI=1S/C38H28Cl4F2N4O3S3.O3S/c1-18-13-20-14-23-32(45-47(34(23)36(20)52-18)30-11-9-21(39)15-26(30)41)28(43)7-5-3-4-6-8-29(44)33-24-17-25-37(53-19(2)38(25)54(49,50)51)35(24)48(46-33)31-12-10-22(40)16-27(31)42;1-4(2)3/h7-13,15-16H,3-6,14,17H2,1-2H3,(H,49,50,51);/b28-7-,29-8-;. The van der Waals surface area contributed by atoms with E-state index in [0.29, 0.717) is 85.1 Å². The third-order valence-corrected chi connectivity index (χ3v) is 14.0. The predicted molar refractivity (Wildman–Crippen MR) is 225 cm³/mol. The fourth-order valence-corrected chi connectivity index (χ4v) is 11.8. The molecule has 0 atom stereocenters. The van der Waals surface area contributed by atoms with E-state index >= 15 is 8.78 Å². The molecule has 6 aromatic rings. The van der Waals surface area contributed by atoms with E-state index in [0.717, 1.165) is 26.6 Å². The molecule has 302 valence electrons. The lowest BCUT2D eigenvalue weighted by atomic mass is 10.1. The molecule has 0 fully saturated rings. The van der Waals surface area contributed by atoms with Crippen LogP contribution in [0, 0.1) is 13.8 Å². The van der Waals surface area contributed by atoms with Crippen molar-refractivity contribution in [2.75, 3.05) is 0 Å². The number of benzene rings is 2. The smallest absolute Gasteiger partial charge is 0.282 e. The number of aryl methyl sites for hydroxylation is 2. The van der Waals surface area contributed by atoms with Crippen molar-refractivity contribution in [3.05, 3.63) is 118 Å². The lowest BCUT2D eigenvalue weighted by Gasteiger charge is -2.08. The number of aromatic nitrogens is 4. The third kappa shape index (κ3) is 8.23. The zero-order chi connectivity index (χ0) is 41.8. The first-order chi connectivity index (χ1) is 27.4. The van der Waals surface area contributed by atoms with Crippen LogP contribution in [0.15, 0.2) is 59.5 Å². The molecule has 0 aliphatic heterocycles. The molecular formula is C38H28Cl4F2N4O6S4. The molecule has 8 rings (SSSR count). The Labute approximate surface area is 360 Å². The van der Waals surface area contributed by atoms with Gasteiger partial charge in [-0.3, -0.25) is 4.55 Å². The van der Waals surface area contributed by atoms with Gasteiger partial charge in [0.1, 0.15) is 27.9 Å². The predicted octanol–water partition coefficient (Wildman–Crippen LogP) is 11.7. The monoisotopic (exact) mass is 942 g/mol. The molecule has 20 heteroatoms. The van der Waals surface area contributed by atoms with Gasteiger partial charge >= 0.3 is 10.6 Å². The van der Waals surface area contributed by atoms with Crippen molar-refractivity contribution in [3.63, 3.8) is 0 Å². The molecule has 0 bridgehead atoms. The van der Waals surface area contributed by atoms with Crippen molar-refractivity contribution in [2.45, 2.75) is 57.3 Å². The van der Waals surface area contributed by atoms with Gasteiger partial charge < -0.3 is 0 Å². The second-order valence-corrected chi connectivity index (χ2v) is 19.2. The molecule has 0 radical (unpaired) electrons. The quantitative estimate of drug-likeness (QED) is 0.106. The van der Waals surface area contributed by atoms with Gasteiger partial charge in [-0.1, -0.05) is 46.4 Å². The van der Waals surface area contributed by atoms with Gasteiger partial charge in [-0.05, 0) is 105 Å². The summed E-state index contributed by atoms with van der Waals surface area (Å²) in [5.41, 5.74) is 5.53. The molecule has 10 nitrogen and oxygen atoms in total. The van der Waals surface area contributed by atoms with Crippen molar-refractivity contribution in [1.29, 1.82) is 0 Å². The average molecular weight is 945 g/mol. The largest absolute Gasteiger partial charge is 0.425 e. The van der Waals surface area contributed by atoms with Gasteiger partial charge in [-0.25, -0.2) is 18.1 Å². The summed E-state index contributed by atoms with van der Waals surface area (Å²) in [6.07, 6.45) is 5.47. The summed E-state index contributed by atoms with van der Waals surface area (Å²) in [7, 11) is -7.64. The molecule has 4 aromatic heterocycles. The summed E-state index contributed by atoms with van der Waals surface area (Å²) in [5.74, 6) is -1.01. The maximum atomic E-state index is 16.0. The zero-order valence-corrected chi connectivity index (χ0v) is 36.4. The Bertz CT molecular complexity index is 2950. The van der Waals surface area contributed by atoms with Crippen molar-refractivity contribution >= 4 is 101 Å². The minimum absolute atomic E-state index is 0.0539. The molecule has 58 heavy (non-hydrogen) atoms. The molecule has 4 heterocycles. The number of allylic oxidation sites excluding steroid dienone is 2. The Kier molecular flexibility index (Phi) is 12.2. The number of halogens is 6. The Morgan fingerprint density at radius 1 is 0.776 bits per heavy atom. The highest BCUT2D eigenvalue weighted by Gasteiger charge is 2.37. The van der Waals surface area contributed by atoms with Gasteiger partial charge in [0, 0.05) is 43.8 Å². The summed E-state index contributed by atoms with van der Waals surface area (Å²) in [4.78, 5) is 3.02. The van der Waals surface area contributed by atoms with Crippen molar-refractivity contribution in [2.24, 2.45) is 0 Å². The van der Waals surface area contributed by atoms with Gasteiger partial charge in [0.15, 0.2) is 0 Å². The summed E-state index contributed by atoms with van der Waals surface area (Å²) in [6.45, 7) is 3.65. The fourth-order valence-electron chi connectivity index (χ4n) is 7.21. The molecule has 0 unspecified atom stereocenters. The minimum Gasteiger partial charge on any atom is -0.282 e. The van der Waals surface area contributed by atoms with E-state index in [-0.39, 0.29) is 27.7 Å². The van der Waals surface area contributed by atoms with E-state index in [1.807, 2.05) is 6.92 Å².